The van der Waals surface area contributed by atoms with Crippen molar-refractivity contribution in [1.29, 1.82) is 0 Å². The SMILES string of the molecule is Cc1cnn(C[C@@H](C)NCc2cc(-c3ccccc3)no2)c1. The average molecular weight is 296 g/mol. The summed E-state index contributed by atoms with van der Waals surface area (Å²) in [5, 5.41) is 11.8. The van der Waals surface area contributed by atoms with E-state index in [1.165, 1.54) is 5.56 Å². The topological polar surface area (TPSA) is 55.9 Å². The Bertz CT molecular complexity index is 717. The van der Waals surface area contributed by atoms with E-state index in [0.29, 0.717) is 12.6 Å². The van der Waals surface area contributed by atoms with Crippen LogP contribution in [0.5, 0.6) is 0 Å². The van der Waals surface area contributed by atoms with Gasteiger partial charge in [-0.3, -0.25) is 4.68 Å². The van der Waals surface area contributed by atoms with Crippen molar-refractivity contribution in [1.82, 2.24) is 20.3 Å². The van der Waals surface area contributed by atoms with Crippen LogP contribution in [0.2, 0.25) is 0 Å². The molecule has 0 aliphatic carbocycles. The van der Waals surface area contributed by atoms with E-state index in [4.69, 9.17) is 4.52 Å². The summed E-state index contributed by atoms with van der Waals surface area (Å²) in [6, 6.07) is 12.3. The van der Waals surface area contributed by atoms with Crippen molar-refractivity contribution in [3.8, 4) is 11.3 Å². The second-order valence-corrected chi connectivity index (χ2v) is 5.57. The fourth-order valence-electron chi connectivity index (χ4n) is 2.33. The molecule has 5 nitrogen and oxygen atoms in total. The molecule has 0 spiro atoms. The van der Waals surface area contributed by atoms with E-state index in [-0.39, 0.29) is 0 Å². The Labute approximate surface area is 129 Å². The van der Waals surface area contributed by atoms with Crippen LogP contribution in [0.3, 0.4) is 0 Å². The molecule has 0 radical (unpaired) electrons. The molecule has 2 heterocycles. The van der Waals surface area contributed by atoms with Crippen molar-refractivity contribution < 1.29 is 4.52 Å². The Hall–Kier alpha value is -2.40. The maximum atomic E-state index is 5.39. The highest BCUT2D eigenvalue weighted by atomic mass is 16.5. The second-order valence-electron chi connectivity index (χ2n) is 5.57. The van der Waals surface area contributed by atoms with Gasteiger partial charge in [0, 0.05) is 23.9 Å². The Morgan fingerprint density at radius 2 is 2.09 bits per heavy atom. The molecule has 22 heavy (non-hydrogen) atoms. The predicted octanol–water partition coefficient (Wildman–Crippen LogP) is 3.02. The van der Waals surface area contributed by atoms with Crippen LogP contribution >= 0.6 is 0 Å². The fourth-order valence-corrected chi connectivity index (χ4v) is 2.33. The minimum absolute atomic E-state index is 0.296. The molecular weight excluding hydrogens is 276 g/mol. The summed E-state index contributed by atoms with van der Waals surface area (Å²) in [6.45, 7) is 5.65. The molecular formula is C17H20N4O. The van der Waals surface area contributed by atoms with Gasteiger partial charge in [-0.15, -0.1) is 0 Å². The van der Waals surface area contributed by atoms with Gasteiger partial charge in [0.05, 0.1) is 19.3 Å². The van der Waals surface area contributed by atoms with Crippen LogP contribution in [0, 0.1) is 6.92 Å². The van der Waals surface area contributed by atoms with Gasteiger partial charge in [-0.25, -0.2) is 0 Å². The van der Waals surface area contributed by atoms with Gasteiger partial charge in [0.2, 0.25) is 0 Å². The lowest BCUT2D eigenvalue weighted by molar-refractivity contribution is 0.357. The highest BCUT2D eigenvalue weighted by Crippen LogP contribution is 2.18. The third-order valence-corrected chi connectivity index (χ3v) is 3.48. The zero-order valence-corrected chi connectivity index (χ0v) is 12.9. The lowest BCUT2D eigenvalue weighted by Crippen LogP contribution is -2.30. The van der Waals surface area contributed by atoms with Gasteiger partial charge < -0.3 is 9.84 Å². The van der Waals surface area contributed by atoms with E-state index in [0.717, 1.165) is 23.6 Å². The second kappa shape index (κ2) is 6.58. The van der Waals surface area contributed by atoms with Crippen LogP contribution in [-0.4, -0.2) is 21.0 Å². The van der Waals surface area contributed by atoms with Gasteiger partial charge >= 0.3 is 0 Å². The quantitative estimate of drug-likeness (QED) is 0.759. The van der Waals surface area contributed by atoms with Crippen molar-refractivity contribution >= 4 is 0 Å². The van der Waals surface area contributed by atoms with E-state index in [9.17, 15) is 0 Å². The van der Waals surface area contributed by atoms with Gasteiger partial charge in [0.1, 0.15) is 5.69 Å². The summed E-state index contributed by atoms with van der Waals surface area (Å²) in [5.74, 6) is 0.836. The maximum Gasteiger partial charge on any atom is 0.151 e. The van der Waals surface area contributed by atoms with Crippen molar-refractivity contribution in [3.05, 3.63) is 60.1 Å². The van der Waals surface area contributed by atoms with Gasteiger partial charge in [0.25, 0.3) is 0 Å². The molecule has 0 saturated heterocycles. The molecule has 2 aromatic heterocycles. The molecule has 0 fully saturated rings. The Morgan fingerprint density at radius 1 is 1.27 bits per heavy atom. The van der Waals surface area contributed by atoms with Crippen LogP contribution < -0.4 is 5.32 Å². The fraction of sp³-hybridized carbons (Fsp3) is 0.294. The summed E-state index contributed by atoms with van der Waals surface area (Å²) in [6.07, 6.45) is 3.91. The van der Waals surface area contributed by atoms with Crippen LogP contribution in [-0.2, 0) is 13.1 Å². The smallest absolute Gasteiger partial charge is 0.151 e. The van der Waals surface area contributed by atoms with E-state index >= 15 is 0 Å². The Kier molecular flexibility index (Phi) is 4.34. The largest absolute Gasteiger partial charge is 0.359 e. The summed E-state index contributed by atoms with van der Waals surface area (Å²) in [7, 11) is 0. The monoisotopic (exact) mass is 296 g/mol. The van der Waals surface area contributed by atoms with Gasteiger partial charge in [-0.2, -0.15) is 5.10 Å². The number of rotatable bonds is 6. The molecule has 3 rings (SSSR count). The zero-order valence-electron chi connectivity index (χ0n) is 12.9. The van der Waals surface area contributed by atoms with Crippen LogP contribution in [0.25, 0.3) is 11.3 Å². The molecule has 0 bridgehead atoms. The van der Waals surface area contributed by atoms with E-state index in [1.807, 2.05) is 60.4 Å². The first-order valence-electron chi connectivity index (χ1n) is 7.44. The highest BCUT2D eigenvalue weighted by molar-refractivity contribution is 5.58. The first-order valence-corrected chi connectivity index (χ1v) is 7.44. The number of hydrogen-bond acceptors (Lipinski definition) is 4. The molecule has 0 aliphatic heterocycles. The van der Waals surface area contributed by atoms with Crippen molar-refractivity contribution in [2.24, 2.45) is 0 Å². The standard InChI is InChI=1S/C17H20N4O/c1-13-9-19-21(11-13)12-14(2)18-10-16-8-17(20-22-16)15-6-4-3-5-7-15/h3-9,11,14,18H,10,12H2,1-2H3/t14-/m1/s1. The summed E-state index contributed by atoms with van der Waals surface area (Å²) in [4.78, 5) is 0. The molecule has 0 amide bonds. The van der Waals surface area contributed by atoms with E-state index in [2.05, 4.69) is 22.5 Å². The van der Waals surface area contributed by atoms with Gasteiger partial charge in [-0.1, -0.05) is 35.5 Å². The first kappa shape index (κ1) is 14.5. The van der Waals surface area contributed by atoms with Gasteiger partial charge in [-0.05, 0) is 19.4 Å². The van der Waals surface area contributed by atoms with Crippen molar-refractivity contribution in [2.45, 2.75) is 33.0 Å². The minimum Gasteiger partial charge on any atom is -0.359 e. The van der Waals surface area contributed by atoms with Crippen molar-refractivity contribution in [2.75, 3.05) is 0 Å². The Balaban J connectivity index is 1.54. The minimum atomic E-state index is 0.296. The van der Waals surface area contributed by atoms with Gasteiger partial charge in [0.15, 0.2) is 5.76 Å². The molecule has 114 valence electrons. The van der Waals surface area contributed by atoms with E-state index in [1.54, 1.807) is 0 Å². The normalized spacial score (nSPS) is 12.5. The molecule has 1 aromatic carbocycles. The summed E-state index contributed by atoms with van der Waals surface area (Å²) < 4.78 is 7.34. The zero-order chi connectivity index (χ0) is 15.4. The predicted molar refractivity (Wildman–Crippen MR) is 85.2 cm³/mol. The number of aryl methyl sites for hydroxylation is 1. The van der Waals surface area contributed by atoms with Crippen LogP contribution in [0.15, 0.2) is 53.3 Å². The lowest BCUT2D eigenvalue weighted by atomic mass is 10.1. The molecule has 0 saturated carbocycles. The lowest BCUT2D eigenvalue weighted by Gasteiger charge is -2.12. The number of nitrogens with one attached hydrogen (secondary N) is 1. The van der Waals surface area contributed by atoms with Crippen LogP contribution in [0.4, 0.5) is 0 Å². The Morgan fingerprint density at radius 3 is 2.82 bits per heavy atom. The third-order valence-electron chi connectivity index (χ3n) is 3.48. The number of hydrogen-bond donors (Lipinski definition) is 1. The molecule has 3 aromatic rings. The number of benzene rings is 1. The summed E-state index contributed by atoms with van der Waals surface area (Å²) >= 11 is 0. The highest BCUT2D eigenvalue weighted by Gasteiger charge is 2.08. The summed E-state index contributed by atoms with van der Waals surface area (Å²) in [5.41, 5.74) is 3.11. The maximum absolute atomic E-state index is 5.39. The first-order chi connectivity index (χ1) is 10.7. The third kappa shape index (κ3) is 3.62. The molecule has 0 unspecified atom stereocenters. The number of aromatic nitrogens is 3. The van der Waals surface area contributed by atoms with Crippen LogP contribution in [0.1, 0.15) is 18.2 Å². The molecule has 5 heteroatoms. The molecule has 1 N–H and O–H groups in total. The van der Waals surface area contributed by atoms with E-state index < -0.39 is 0 Å². The van der Waals surface area contributed by atoms with Crippen molar-refractivity contribution in [3.63, 3.8) is 0 Å². The molecule has 0 aliphatic rings. The number of nitrogens with zero attached hydrogens (tertiary/aromatic N) is 3. The molecule has 1 atom stereocenters. The average Bonchev–Trinajstić information content (AvgIpc) is 3.15.